The summed E-state index contributed by atoms with van der Waals surface area (Å²) < 4.78 is 12.8. The highest BCUT2D eigenvalue weighted by atomic mass is 32.1. The Hall–Kier alpha value is -0.410. The van der Waals surface area contributed by atoms with E-state index in [0.717, 1.165) is 16.2 Å². The molecule has 0 spiro atoms. The summed E-state index contributed by atoms with van der Waals surface area (Å²) in [6.07, 6.45) is 0. The minimum absolute atomic E-state index is 0.146. The molecule has 0 aliphatic carbocycles. The summed E-state index contributed by atoms with van der Waals surface area (Å²) in [7, 11) is 0. The van der Waals surface area contributed by atoms with Crippen molar-refractivity contribution < 1.29 is 4.39 Å². The molecule has 0 fully saturated rings. The zero-order valence-corrected chi connectivity index (χ0v) is 6.83. The number of hydrogen-bond donors (Lipinski definition) is 1. The molecule has 1 aromatic rings. The van der Waals surface area contributed by atoms with Gasteiger partial charge >= 0.3 is 0 Å². The Morgan fingerprint density at radius 1 is 1.70 bits per heavy atom. The lowest BCUT2D eigenvalue weighted by Gasteiger charge is -1.99. The Morgan fingerprint density at radius 3 is 2.50 bits per heavy atom. The maximum Gasteiger partial charge on any atom is 0.181 e. The fourth-order valence-electron chi connectivity index (χ4n) is 0.816. The van der Waals surface area contributed by atoms with Crippen LogP contribution in [0.4, 0.5) is 4.39 Å². The van der Waals surface area contributed by atoms with Crippen molar-refractivity contribution in [2.75, 3.05) is 0 Å². The average molecular weight is 159 g/mol. The maximum absolute atomic E-state index is 12.8. The van der Waals surface area contributed by atoms with Crippen LogP contribution in [0.25, 0.3) is 0 Å². The first-order valence-electron chi connectivity index (χ1n) is 3.12. The quantitative estimate of drug-likeness (QED) is 0.668. The number of aryl methyl sites for hydroxylation is 1. The van der Waals surface area contributed by atoms with Gasteiger partial charge in [0.1, 0.15) is 0 Å². The van der Waals surface area contributed by atoms with Crippen molar-refractivity contribution >= 4 is 11.3 Å². The van der Waals surface area contributed by atoms with Crippen molar-refractivity contribution in [2.45, 2.75) is 19.9 Å². The smallest absolute Gasteiger partial charge is 0.181 e. The summed E-state index contributed by atoms with van der Waals surface area (Å²) in [5.41, 5.74) is 6.12. The lowest BCUT2D eigenvalue weighted by Crippen LogP contribution is -2.04. The Kier molecular flexibility index (Phi) is 2.06. The van der Waals surface area contributed by atoms with E-state index in [1.54, 1.807) is 13.0 Å². The van der Waals surface area contributed by atoms with Crippen LogP contribution in [0.5, 0.6) is 0 Å². The van der Waals surface area contributed by atoms with Gasteiger partial charge in [-0.3, -0.25) is 0 Å². The number of nitrogens with two attached hydrogens (primary N) is 1. The van der Waals surface area contributed by atoms with Crippen LogP contribution in [0.15, 0.2) is 6.07 Å². The molecule has 56 valence electrons. The third-order valence-corrected chi connectivity index (χ3v) is 2.18. The average Bonchev–Trinajstić information content (AvgIpc) is 2.10. The molecular formula is C7H10FNS. The third kappa shape index (κ3) is 1.36. The molecule has 0 radical (unpaired) electrons. The van der Waals surface area contributed by atoms with Crippen molar-refractivity contribution in [3.63, 3.8) is 0 Å². The number of thiophene rings is 1. The van der Waals surface area contributed by atoms with E-state index in [1.165, 1.54) is 0 Å². The topological polar surface area (TPSA) is 26.0 Å². The van der Waals surface area contributed by atoms with Gasteiger partial charge in [0, 0.05) is 16.5 Å². The van der Waals surface area contributed by atoms with Gasteiger partial charge < -0.3 is 5.73 Å². The fraction of sp³-hybridized carbons (Fsp3) is 0.429. The summed E-state index contributed by atoms with van der Waals surface area (Å²) >= 11 is 1.15. The molecule has 1 atom stereocenters. The highest BCUT2D eigenvalue weighted by molar-refractivity contribution is 7.10. The van der Waals surface area contributed by atoms with E-state index >= 15 is 0 Å². The second kappa shape index (κ2) is 2.68. The fourth-order valence-corrected chi connectivity index (χ4v) is 1.65. The molecule has 1 unspecified atom stereocenters. The van der Waals surface area contributed by atoms with E-state index in [9.17, 15) is 4.39 Å². The minimum atomic E-state index is -0.190. The molecule has 2 N–H and O–H groups in total. The van der Waals surface area contributed by atoms with E-state index in [4.69, 9.17) is 5.73 Å². The van der Waals surface area contributed by atoms with Crippen LogP contribution in [0.3, 0.4) is 0 Å². The normalized spacial score (nSPS) is 13.6. The number of rotatable bonds is 1. The van der Waals surface area contributed by atoms with Crippen molar-refractivity contribution in [3.8, 4) is 0 Å². The standard InChI is InChI=1S/C7H10FNS/c1-4-3-6(5(2)9)7(8)10-4/h3,5H,9H2,1-2H3. The van der Waals surface area contributed by atoms with Crippen molar-refractivity contribution in [2.24, 2.45) is 5.73 Å². The van der Waals surface area contributed by atoms with Crippen LogP contribution in [0.1, 0.15) is 23.4 Å². The SMILES string of the molecule is Cc1cc(C(C)N)c(F)s1. The van der Waals surface area contributed by atoms with Crippen LogP contribution < -0.4 is 5.73 Å². The van der Waals surface area contributed by atoms with Gasteiger partial charge in [0.05, 0.1) is 0 Å². The van der Waals surface area contributed by atoms with Gasteiger partial charge in [-0.05, 0) is 19.9 Å². The van der Waals surface area contributed by atoms with E-state index < -0.39 is 0 Å². The van der Waals surface area contributed by atoms with E-state index in [2.05, 4.69) is 0 Å². The zero-order valence-electron chi connectivity index (χ0n) is 6.02. The highest BCUT2D eigenvalue weighted by Crippen LogP contribution is 2.23. The second-order valence-electron chi connectivity index (χ2n) is 2.37. The summed E-state index contributed by atoms with van der Waals surface area (Å²) in [6, 6.07) is 1.61. The molecule has 3 heteroatoms. The van der Waals surface area contributed by atoms with Crippen LogP contribution in [-0.2, 0) is 0 Å². The van der Waals surface area contributed by atoms with Crippen LogP contribution in [-0.4, -0.2) is 0 Å². The van der Waals surface area contributed by atoms with Gasteiger partial charge in [-0.1, -0.05) is 0 Å². The third-order valence-electron chi connectivity index (χ3n) is 1.33. The van der Waals surface area contributed by atoms with Crippen LogP contribution in [0, 0.1) is 12.1 Å². The van der Waals surface area contributed by atoms with Crippen molar-refractivity contribution in [3.05, 3.63) is 21.6 Å². The number of hydrogen-bond acceptors (Lipinski definition) is 2. The number of halogens is 1. The Bertz CT molecular complexity index is 230. The van der Waals surface area contributed by atoms with Gasteiger partial charge in [-0.2, -0.15) is 4.39 Å². The molecule has 1 heterocycles. The summed E-state index contributed by atoms with van der Waals surface area (Å²) in [4.78, 5) is 0.977. The molecule has 1 nitrogen and oxygen atoms in total. The van der Waals surface area contributed by atoms with Crippen molar-refractivity contribution in [1.29, 1.82) is 0 Å². The lowest BCUT2D eigenvalue weighted by atomic mass is 10.2. The highest BCUT2D eigenvalue weighted by Gasteiger charge is 2.08. The predicted octanol–water partition coefficient (Wildman–Crippen LogP) is 2.22. The second-order valence-corrected chi connectivity index (χ2v) is 3.58. The van der Waals surface area contributed by atoms with Gasteiger partial charge in [0.15, 0.2) is 5.13 Å². The van der Waals surface area contributed by atoms with Crippen LogP contribution in [0.2, 0.25) is 0 Å². The summed E-state index contributed by atoms with van der Waals surface area (Å²) in [5, 5.41) is -0.146. The molecule has 0 bridgehead atoms. The zero-order chi connectivity index (χ0) is 7.72. The molecule has 0 amide bonds. The van der Waals surface area contributed by atoms with Crippen LogP contribution >= 0.6 is 11.3 Å². The molecule has 0 aliphatic rings. The van der Waals surface area contributed by atoms with E-state index in [1.807, 2.05) is 6.92 Å². The molecule has 0 saturated carbocycles. The predicted molar refractivity (Wildman–Crippen MR) is 41.6 cm³/mol. The van der Waals surface area contributed by atoms with Gasteiger partial charge in [-0.25, -0.2) is 0 Å². The van der Waals surface area contributed by atoms with E-state index in [0.29, 0.717) is 5.56 Å². The Labute approximate surface area is 63.7 Å². The first-order valence-corrected chi connectivity index (χ1v) is 3.94. The van der Waals surface area contributed by atoms with Gasteiger partial charge in [-0.15, -0.1) is 11.3 Å². The summed E-state index contributed by atoms with van der Waals surface area (Å²) in [5.74, 6) is 0. The lowest BCUT2D eigenvalue weighted by molar-refractivity contribution is 0.622. The molecule has 1 rings (SSSR count). The largest absolute Gasteiger partial charge is 0.324 e. The molecular weight excluding hydrogens is 149 g/mol. The first-order chi connectivity index (χ1) is 4.61. The Morgan fingerprint density at radius 2 is 2.30 bits per heavy atom. The Balaban J connectivity index is 3.03. The van der Waals surface area contributed by atoms with Gasteiger partial charge in [0.2, 0.25) is 0 Å². The monoisotopic (exact) mass is 159 g/mol. The summed E-state index contributed by atoms with van der Waals surface area (Å²) in [6.45, 7) is 3.66. The van der Waals surface area contributed by atoms with Gasteiger partial charge in [0.25, 0.3) is 0 Å². The molecule has 0 aliphatic heterocycles. The first kappa shape index (κ1) is 7.69. The molecule has 1 aromatic heterocycles. The molecule has 10 heavy (non-hydrogen) atoms. The van der Waals surface area contributed by atoms with E-state index in [-0.39, 0.29) is 11.2 Å². The molecule has 0 aromatic carbocycles. The van der Waals surface area contributed by atoms with Crippen molar-refractivity contribution in [1.82, 2.24) is 0 Å². The minimum Gasteiger partial charge on any atom is -0.324 e. The maximum atomic E-state index is 12.8. The molecule has 0 saturated heterocycles.